The van der Waals surface area contributed by atoms with Gasteiger partial charge >= 0.3 is 0 Å². The van der Waals surface area contributed by atoms with Crippen LogP contribution in [0.25, 0.3) is 0 Å². The fraction of sp³-hybridized carbons (Fsp3) is 0.700. The summed E-state index contributed by atoms with van der Waals surface area (Å²) in [7, 11) is -0.847. The zero-order valence-corrected chi connectivity index (χ0v) is 10.7. The van der Waals surface area contributed by atoms with Crippen molar-refractivity contribution in [3.8, 4) is 0 Å². The molecule has 0 aromatic carbocycles. The summed E-state index contributed by atoms with van der Waals surface area (Å²) in [6.45, 7) is 1.51. The average molecular weight is 258 g/mol. The number of nitrogen functional groups attached to an aromatic ring is 1. The minimum Gasteiger partial charge on any atom is -0.382 e. The van der Waals surface area contributed by atoms with E-state index in [0.717, 1.165) is 19.5 Å². The molecule has 7 heteroatoms. The normalized spacial score (nSPS) is 23.3. The highest BCUT2D eigenvalue weighted by Crippen LogP contribution is 2.16. The van der Waals surface area contributed by atoms with Crippen molar-refractivity contribution in [3.05, 3.63) is 12.3 Å². The second kappa shape index (κ2) is 4.66. The Hall–Kier alpha value is -1.08. The lowest BCUT2D eigenvalue weighted by molar-refractivity contribution is 0.248. The van der Waals surface area contributed by atoms with E-state index in [2.05, 4.69) is 10.00 Å². The first-order valence-electron chi connectivity index (χ1n) is 5.66. The summed E-state index contributed by atoms with van der Waals surface area (Å²) in [6, 6.07) is 1.90. The van der Waals surface area contributed by atoms with E-state index < -0.39 is 9.84 Å². The highest BCUT2D eigenvalue weighted by atomic mass is 32.2. The molecule has 6 nitrogen and oxygen atoms in total. The molecule has 1 atom stereocenters. The van der Waals surface area contributed by atoms with E-state index in [0.29, 0.717) is 11.6 Å². The second-order valence-corrected chi connectivity index (χ2v) is 6.77. The molecular formula is C10H18N4O2S. The third-order valence-electron chi connectivity index (χ3n) is 3.17. The largest absolute Gasteiger partial charge is 0.382 e. The maximum Gasteiger partial charge on any atom is 0.151 e. The smallest absolute Gasteiger partial charge is 0.151 e. The van der Waals surface area contributed by atoms with Crippen molar-refractivity contribution in [3.63, 3.8) is 0 Å². The van der Waals surface area contributed by atoms with Gasteiger partial charge in [0.2, 0.25) is 0 Å². The van der Waals surface area contributed by atoms with Crippen LogP contribution >= 0.6 is 0 Å². The minimum absolute atomic E-state index is 0.146. The maximum atomic E-state index is 11.4. The van der Waals surface area contributed by atoms with Crippen LogP contribution in [0.4, 0.5) is 5.82 Å². The Labute approximate surface area is 101 Å². The first kappa shape index (κ1) is 12.4. The number of nitrogens with zero attached hydrogens (tertiary/aromatic N) is 3. The molecule has 0 amide bonds. The second-order valence-electron chi connectivity index (χ2n) is 4.54. The zero-order valence-electron chi connectivity index (χ0n) is 9.91. The Kier molecular flexibility index (Phi) is 3.39. The van der Waals surface area contributed by atoms with Crippen molar-refractivity contribution in [1.29, 1.82) is 0 Å². The third-order valence-corrected chi connectivity index (χ3v) is 4.93. The molecule has 17 heavy (non-hydrogen) atoms. The summed E-state index contributed by atoms with van der Waals surface area (Å²) in [5, 5.41) is 4.09. The fourth-order valence-electron chi connectivity index (χ4n) is 2.07. The van der Waals surface area contributed by atoms with Gasteiger partial charge in [0.05, 0.1) is 18.1 Å². The number of anilines is 1. The average Bonchev–Trinajstić information content (AvgIpc) is 2.81. The van der Waals surface area contributed by atoms with Gasteiger partial charge in [-0.15, -0.1) is 0 Å². The van der Waals surface area contributed by atoms with Crippen LogP contribution in [0.2, 0.25) is 0 Å². The topological polar surface area (TPSA) is 81.2 Å². The number of nitrogens with two attached hydrogens (primary N) is 1. The molecule has 0 aliphatic carbocycles. The van der Waals surface area contributed by atoms with Crippen LogP contribution < -0.4 is 5.73 Å². The van der Waals surface area contributed by atoms with Gasteiger partial charge in [-0.2, -0.15) is 5.10 Å². The van der Waals surface area contributed by atoms with Gasteiger partial charge in [-0.25, -0.2) is 8.42 Å². The van der Waals surface area contributed by atoms with E-state index in [-0.39, 0.29) is 11.8 Å². The summed E-state index contributed by atoms with van der Waals surface area (Å²) in [5.74, 6) is 1.11. The molecule has 0 spiro atoms. The van der Waals surface area contributed by atoms with E-state index >= 15 is 0 Å². The van der Waals surface area contributed by atoms with Gasteiger partial charge in [0.25, 0.3) is 0 Å². The molecule has 1 fully saturated rings. The van der Waals surface area contributed by atoms with Crippen LogP contribution in [0.5, 0.6) is 0 Å². The third kappa shape index (κ3) is 3.19. The molecule has 1 aliphatic rings. The van der Waals surface area contributed by atoms with Crippen molar-refractivity contribution in [2.45, 2.75) is 19.0 Å². The molecule has 1 aliphatic heterocycles. The van der Waals surface area contributed by atoms with Gasteiger partial charge < -0.3 is 10.6 Å². The molecule has 2 N–H and O–H groups in total. The summed E-state index contributed by atoms with van der Waals surface area (Å²) in [4.78, 5) is 2.09. The first-order chi connectivity index (χ1) is 7.96. The first-order valence-corrected chi connectivity index (χ1v) is 7.48. The molecule has 1 aromatic rings. The van der Waals surface area contributed by atoms with Gasteiger partial charge in [0, 0.05) is 18.8 Å². The molecule has 0 saturated carbocycles. The Morgan fingerprint density at radius 2 is 2.41 bits per heavy atom. The summed E-state index contributed by atoms with van der Waals surface area (Å²) >= 11 is 0. The van der Waals surface area contributed by atoms with Crippen LogP contribution in [-0.2, 0) is 16.4 Å². The number of sulfone groups is 1. The summed E-state index contributed by atoms with van der Waals surface area (Å²) in [5.41, 5.74) is 5.52. The van der Waals surface area contributed by atoms with Crippen molar-refractivity contribution in [1.82, 2.24) is 14.7 Å². The summed E-state index contributed by atoms with van der Waals surface area (Å²) in [6.07, 6.45) is 2.56. The van der Waals surface area contributed by atoms with E-state index in [4.69, 9.17) is 5.73 Å². The Balaban J connectivity index is 1.84. The minimum atomic E-state index is -2.80. The molecule has 96 valence electrons. The van der Waals surface area contributed by atoms with Crippen molar-refractivity contribution < 1.29 is 8.42 Å². The monoisotopic (exact) mass is 258 g/mol. The van der Waals surface area contributed by atoms with Gasteiger partial charge in [-0.3, -0.25) is 4.68 Å². The Morgan fingerprint density at radius 3 is 2.94 bits per heavy atom. The molecule has 0 bridgehead atoms. The Bertz CT molecular complexity index is 482. The molecule has 2 heterocycles. The highest BCUT2D eigenvalue weighted by molar-refractivity contribution is 7.91. The van der Waals surface area contributed by atoms with Gasteiger partial charge in [0.1, 0.15) is 5.82 Å². The molecule has 1 saturated heterocycles. The number of aromatic nitrogens is 2. The predicted octanol–water partition coefficient (Wildman–Crippen LogP) is -0.416. The van der Waals surface area contributed by atoms with Crippen molar-refractivity contribution in [2.75, 3.05) is 30.8 Å². The number of rotatable bonds is 4. The van der Waals surface area contributed by atoms with Gasteiger partial charge in [-0.05, 0) is 19.5 Å². The number of hydrogen-bond donors (Lipinski definition) is 1. The molecule has 1 aromatic heterocycles. The van der Waals surface area contributed by atoms with E-state index in [1.54, 1.807) is 10.7 Å². The van der Waals surface area contributed by atoms with E-state index in [1.165, 1.54) is 0 Å². The standard InChI is InChI=1S/C10H18N4O2S/c1-13(9-3-7-17(15,16)8-9)5-6-14-4-2-10(11)12-14/h2,4,9H,3,5-8H2,1H3,(H2,11,12). The van der Waals surface area contributed by atoms with E-state index in [9.17, 15) is 8.42 Å². The predicted molar refractivity (Wildman–Crippen MR) is 66.3 cm³/mol. The molecular weight excluding hydrogens is 240 g/mol. The lowest BCUT2D eigenvalue weighted by atomic mass is 10.2. The lowest BCUT2D eigenvalue weighted by Gasteiger charge is -2.22. The fourth-order valence-corrected chi connectivity index (χ4v) is 3.87. The Morgan fingerprint density at radius 1 is 1.65 bits per heavy atom. The molecule has 1 unspecified atom stereocenters. The van der Waals surface area contributed by atoms with Crippen LogP contribution in [0.1, 0.15) is 6.42 Å². The summed E-state index contributed by atoms with van der Waals surface area (Å²) < 4.78 is 24.5. The van der Waals surface area contributed by atoms with E-state index in [1.807, 2.05) is 13.2 Å². The zero-order chi connectivity index (χ0) is 12.5. The number of likely N-dealkylation sites (N-methyl/N-ethyl adjacent to an activating group) is 1. The SMILES string of the molecule is CN(CCn1ccc(N)n1)C1CCS(=O)(=O)C1. The molecule has 0 radical (unpaired) electrons. The van der Waals surface area contributed by atoms with Crippen LogP contribution in [0.15, 0.2) is 12.3 Å². The maximum absolute atomic E-state index is 11.4. The van der Waals surface area contributed by atoms with Crippen LogP contribution in [0.3, 0.4) is 0 Å². The van der Waals surface area contributed by atoms with Gasteiger partial charge in [0.15, 0.2) is 9.84 Å². The molecule has 2 rings (SSSR count). The van der Waals surface area contributed by atoms with Gasteiger partial charge in [-0.1, -0.05) is 0 Å². The quantitative estimate of drug-likeness (QED) is 0.793. The number of hydrogen-bond acceptors (Lipinski definition) is 5. The van der Waals surface area contributed by atoms with Crippen LogP contribution in [0, 0.1) is 0 Å². The highest BCUT2D eigenvalue weighted by Gasteiger charge is 2.30. The van der Waals surface area contributed by atoms with Crippen molar-refractivity contribution >= 4 is 15.7 Å². The van der Waals surface area contributed by atoms with Crippen molar-refractivity contribution in [2.24, 2.45) is 0 Å². The van der Waals surface area contributed by atoms with Crippen LogP contribution in [-0.4, -0.2) is 54.2 Å². The lowest BCUT2D eigenvalue weighted by Crippen LogP contribution is -2.35.